The maximum atomic E-state index is 12.0. The molecule has 2 rings (SSSR count). The van der Waals surface area contributed by atoms with Gasteiger partial charge in [0.25, 0.3) is 0 Å². The van der Waals surface area contributed by atoms with E-state index in [1.807, 2.05) is 13.8 Å². The van der Waals surface area contributed by atoms with Crippen LogP contribution in [0.2, 0.25) is 0 Å². The van der Waals surface area contributed by atoms with Crippen molar-refractivity contribution >= 4 is 24.5 Å². The molecule has 2 aliphatic rings. The molecule has 6 heteroatoms. The molecule has 2 aliphatic carbocycles. The lowest BCUT2D eigenvalue weighted by atomic mass is 9.91. The van der Waals surface area contributed by atoms with Crippen LogP contribution < -0.4 is 5.32 Å². The Balaban J connectivity index is 0.000000294. The van der Waals surface area contributed by atoms with Crippen molar-refractivity contribution in [1.82, 2.24) is 10.2 Å². The lowest BCUT2D eigenvalue weighted by Crippen LogP contribution is -2.45. The molecule has 0 radical (unpaired) electrons. The Morgan fingerprint density at radius 3 is 1.76 bits per heavy atom. The summed E-state index contributed by atoms with van der Waals surface area (Å²) >= 11 is 4.07. The molecule has 29 heavy (non-hydrogen) atoms. The maximum Gasteiger partial charge on any atom is 0.323 e. The van der Waals surface area contributed by atoms with Crippen molar-refractivity contribution in [2.45, 2.75) is 116 Å². The van der Waals surface area contributed by atoms with Crippen LogP contribution in [0.1, 0.15) is 97.8 Å². The molecule has 2 N–H and O–H groups in total. The van der Waals surface area contributed by atoms with Crippen LogP contribution in [0.15, 0.2) is 0 Å². The number of hydrogen-bond donors (Lipinski definition) is 3. The van der Waals surface area contributed by atoms with E-state index in [-0.39, 0.29) is 24.4 Å². The summed E-state index contributed by atoms with van der Waals surface area (Å²) in [6.45, 7) is 5.47. The van der Waals surface area contributed by atoms with Crippen molar-refractivity contribution in [1.29, 1.82) is 0 Å². The first-order valence-electron chi connectivity index (χ1n) is 11.8. The van der Waals surface area contributed by atoms with Gasteiger partial charge in [-0.25, -0.2) is 0 Å². The molecule has 1 unspecified atom stereocenters. The quantitative estimate of drug-likeness (QED) is 0.457. The van der Waals surface area contributed by atoms with E-state index in [0.29, 0.717) is 5.75 Å². The smallest absolute Gasteiger partial charge is 0.323 e. The summed E-state index contributed by atoms with van der Waals surface area (Å²) < 4.78 is 0. The fraction of sp³-hybridized carbons (Fsp3) is 0.913. The van der Waals surface area contributed by atoms with Crippen LogP contribution >= 0.6 is 12.6 Å². The van der Waals surface area contributed by atoms with E-state index in [1.54, 1.807) is 6.92 Å². The average molecular weight is 429 g/mol. The number of amides is 1. The minimum absolute atomic E-state index is 0.00549. The van der Waals surface area contributed by atoms with Crippen molar-refractivity contribution in [3.05, 3.63) is 0 Å². The van der Waals surface area contributed by atoms with Gasteiger partial charge in [-0.2, -0.15) is 12.6 Å². The van der Waals surface area contributed by atoms with Gasteiger partial charge in [-0.05, 0) is 38.5 Å². The predicted octanol–water partition coefficient (Wildman–Crippen LogP) is 4.90. The van der Waals surface area contributed by atoms with E-state index < -0.39 is 5.97 Å². The summed E-state index contributed by atoms with van der Waals surface area (Å²) in [7, 11) is 0. The minimum Gasteiger partial charge on any atom is -0.480 e. The van der Waals surface area contributed by atoms with Crippen LogP contribution in [0.5, 0.6) is 0 Å². The molecule has 0 heterocycles. The van der Waals surface area contributed by atoms with E-state index in [0.717, 1.165) is 24.9 Å². The molecular formula is C23H44N2O3S. The van der Waals surface area contributed by atoms with E-state index >= 15 is 0 Å². The van der Waals surface area contributed by atoms with Crippen molar-refractivity contribution in [3.8, 4) is 0 Å². The first kappa shape index (κ1) is 26.3. The summed E-state index contributed by atoms with van der Waals surface area (Å²) in [5, 5.41) is 12.7. The number of nitrogens with zero attached hydrogens (tertiary/aromatic N) is 1. The predicted molar refractivity (Wildman–Crippen MR) is 124 cm³/mol. The van der Waals surface area contributed by atoms with Crippen LogP contribution in [0, 0.1) is 5.92 Å². The van der Waals surface area contributed by atoms with E-state index in [9.17, 15) is 9.59 Å². The first-order valence-corrected chi connectivity index (χ1v) is 12.4. The molecule has 0 bridgehead atoms. The number of carbonyl (C=O) groups excluding carboxylic acids is 1. The molecule has 170 valence electrons. The van der Waals surface area contributed by atoms with Gasteiger partial charge in [0, 0.05) is 29.8 Å². The third-order valence-electron chi connectivity index (χ3n) is 6.35. The average Bonchev–Trinajstić information content (AvgIpc) is 2.74. The fourth-order valence-electron chi connectivity index (χ4n) is 4.50. The third kappa shape index (κ3) is 10.2. The second kappa shape index (κ2) is 15.1. The minimum atomic E-state index is -0.966. The van der Waals surface area contributed by atoms with Gasteiger partial charge >= 0.3 is 5.97 Å². The van der Waals surface area contributed by atoms with Crippen LogP contribution in [-0.2, 0) is 9.59 Å². The van der Waals surface area contributed by atoms with Crippen LogP contribution in [0.3, 0.4) is 0 Å². The standard InChI is InChI=1S/C12H23N.C11H21NO3S/c1-3-7-11(8-4-1)13-12-9-5-2-6-10-12;1-4-9(5-2)12(6-10(13)14)11(15)8(3)7-16/h11-13H,1-10H2;8-9,16H,4-7H2,1-3H3,(H,13,14). The van der Waals surface area contributed by atoms with Crippen molar-refractivity contribution < 1.29 is 14.7 Å². The van der Waals surface area contributed by atoms with Crippen molar-refractivity contribution in [3.63, 3.8) is 0 Å². The SMILES string of the molecule is C1CCC(NC2CCCCC2)CC1.CCC(CC)N(CC(=O)O)C(=O)C(C)CS. The highest BCUT2D eigenvalue weighted by Crippen LogP contribution is 2.22. The second-order valence-electron chi connectivity index (χ2n) is 8.75. The Kier molecular flexibility index (Phi) is 13.7. The Morgan fingerprint density at radius 1 is 0.966 bits per heavy atom. The molecule has 0 aromatic rings. The number of carboxylic acids is 1. The van der Waals surface area contributed by atoms with Gasteiger partial charge in [-0.3, -0.25) is 9.59 Å². The number of nitrogens with one attached hydrogen (secondary N) is 1. The van der Waals surface area contributed by atoms with Gasteiger partial charge in [0.2, 0.25) is 5.91 Å². The third-order valence-corrected chi connectivity index (χ3v) is 6.90. The highest BCUT2D eigenvalue weighted by molar-refractivity contribution is 7.80. The highest BCUT2D eigenvalue weighted by Gasteiger charge is 2.26. The van der Waals surface area contributed by atoms with Gasteiger partial charge in [-0.1, -0.05) is 59.3 Å². The number of thiol groups is 1. The monoisotopic (exact) mass is 428 g/mol. The summed E-state index contributed by atoms with van der Waals surface area (Å²) in [5.41, 5.74) is 0. The fourth-order valence-corrected chi connectivity index (χ4v) is 4.65. The topological polar surface area (TPSA) is 69.6 Å². The van der Waals surface area contributed by atoms with Crippen LogP contribution in [0.25, 0.3) is 0 Å². The lowest BCUT2D eigenvalue weighted by molar-refractivity contribution is -0.147. The van der Waals surface area contributed by atoms with Gasteiger partial charge in [-0.15, -0.1) is 0 Å². The molecule has 0 saturated heterocycles. The largest absolute Gasteiger partial charge is 0.480 e. The van der Waals surface area contributed by atoms with E-state index in [2.05, 4.69) is 17.9 Å². The van der Waals surface area contributed by atoms with Crippen molar-refractivity contribution in [2.24, 2.45) is 5.92 Å². The number of carboxylic acid groups (broad SMARTS) is 1. The maximum absolute atomic E-state index is 12.0. The Bertz CT molecular complexity index is 443. The number of hydrogen-bond acceptors (Lipinski definition) is 4. The molecule has 1 amide bonds. The summed E-state index contributed by atoms with van der Waals surface area (Å²) in [6, 6.07) is 1.75. The Labute approximate surface area is 183 Å². The molecule has 2 saturated carbocycles. The molecule has 0 spiro atoms. The molecule has 0 aromatic heterocycles. The molecule has 0 aliphatic heterocycles. The van der Waals surface area contributed by atoms with Gasteiger partial charge in [0.05, 0.1) is 0 Å². The second-order valence-corrected chi connectivity index (χ2v) is 9.12. The van der Waals surface area contributed by atoms with E-state index in [4.69, 9.17) is 5.11 Å². The summed E-state index contributed by atoms with van der Waals surface area (Å²) in [5.74, 6) is -0.879. The van der Waals surface area contributed by atoms with Crippen LogP contribution in [-0.4, -0.2) is 52.3 Å². The normalized spacial score (nSPS) is 19.3. The number of rotatable bonds is 9. The summed E-state index contributed by atoms with van der Waals surface area (Å²) in [6.07, 6.45) is 16.1. The zero-order valence-corrected chi connectivity index (χ0v) is 19.8. The van der Waals surface area contributed by atoms with Gasteiger partial charge in [0.15, 0.2) is 0 Å². The number of carbonyl (C=O) groups is 2. The summed E-state index contributed by atoms with van der Waals surface area (Å²) in [4.78, 5) is 24.2. The molecule has 0 aromatic carbocycles. The Morgan fingerprint density at radius 2 is 1.41 bits per heavy atom. The van der Waals surface area contributed by atoms with Gasteiger partial charge in [0.1, 0.15) is 6.54 Å². The molecular weight excluding hydrogens is 384 g/mol. The zero-order chi connectivity index (χ0) is 21.6. The lowest BCUT2D eigenvalue weighted by Gasteiger charge is -2.31. The Hall–Kier alpha value is -0.750. The molecule has 2 fully saturated rings. The highest BCUT2D eigenvalue weighted by atomic mass is 32.1. The van der Waals surface area contributed by atoms with Crippen LogP contribution in [0.4, 0.5) is 0 Å². The first-order chi connectivity index (χ1) is 13.9. The van der Waals surface area contributed by atoms with Crippen molar-refractivity contribution in [2.75, 3.05) is 12.3 Å². The molecule has 1 atom stereocenters. The number of aliphatic carboxylic acids is 1. The van der Waals surface area contributed by atoms with E-state index in [1.165, 1.54) is 69.1 Å². The zero-order valence-electron chi connectivity index (χ0n) is 18.9. The molecule has 5 nitrogen and oxygen atoms in total. The van der Waals surface area contributed by atoms with Gasteiger partial charge < -0.3 is 15.3 Å².